The highest BCUT2D eigenvalue weighted by molar-refractivity contribution is 9.13. The minimum atomic E-state index is -0.384. The van der Waals surface area contributed by atoms with Gasteiger partial charge in [-0.05, 0) is 87.6 Å². The zero-order chi connectivity index (χ0) is 13.5. The van der Waals surface area contributed by atoms with Crippen molar-refractivity contribution in [3.63, 3.8) is 0 Å². The van der Waals surface area contributed by atoms with Crippen molar-refractivity contribution in [3.8, 4) is 0 Å². The second-order valence-corrected chi connectivity index (χ2v) is 7.46. The Balaban J connectivity index is 1.75. The molecule has 3 rings (SSSR count). The molecule has 0 bridgehead atoms. The van der Waals surface area contributed by atoms with Crippen LogP contribution in [0.2, 0.25) is 0 Å². The fourth-order valence-corrected chi connectivity index (χ4v) is 3.87. The molecule has 1 aromatic carbocycles. The van der Waals surface area contributed by atoms with E-state index in [4.69, 9.17) is 4.74 Å². The van der Waals surface area contributed by atoms with Gasteiger partial charge in [0.05, 0.1) is 11.7 Å². The summed E-state index contributed by atoms with van der Waals surface area (Å²) in [6, 6.07) is 6.00. The summed E-state index contributed by atoms with van der Waals surface area (Å²) in [6.07, 6.45) is 5.18. The molecular formula is C15H18Br2O2. The maximum atomic E-state index is 10.6. The molecule has 2 atom stereocenters. The highest BCUT2D eigenvalue weighted by atomic mass is 79.9. The van der Waals surface area contributed by atoms with Crippen molar-refractivity contribution >= 4 is 31.9 Å². The molecule has 1 aliphatic heterocycles. The molecule has 1 spiro atoms. The van der Waals surface area contributed by atoms with Crippen LogP contribution in [0.1, 0.15) is 43.8 Å². The molecule has 1 N–H and O–H groups in total. The van der Waals surface area contributed by atoms with Gasteiger partial charge in [0.2, 0.25) is 0 Å². The smallest absolute Gasteiger partial charge is 0.0820 e. The molecule has 2 unspecified atom stereocenters. The molecule has 0 amide bonds. The predicted molar refractivity (Wildman–Crippen MR) is 82.1 cm³/mol. The van der Waals surface area contributed by atoms with E-state index in [0.29, 0.717) is 5.92 Å². The van der Waals surface area contributed by atoms with Crippen LogP contribution in [0.5, 0.6) is 0 Å². The summed E-state index contributed by atoms with van der Waals surface area (Å²) in [5.74, 6) is 0.321. The number of halogens is 2. The van der Waals surface area contributed by atoms with E-state index in [-0.39, 0.29) is 11.7 Å². The Labute approximate surface area is 130 Å². The molecule has 1 saturated carbocycles. The van der Waals surface area contributed by atoms with Gasteiger partial charge in [0.1, 0.15) is 0 Å². The minimum Gasteiger partial charge on any atom is -0.388 e. The molecule has 1 saturated heterocycles. The van der Waals surface area contributed by atoms with Crippen molar-refractivity contribution in [2.75, 3.05) is 6.61 Å². The summed E-state index contributed by atoms with van der Waals surface area (Å²) >= 11 is 6.97. The Hall–Kier alpha value is 0.1000. The predicted octanol–water partition coefficient (Wildman–Crippen LogP) is 4.59. The van der Waals surface area contributed by atoms with E-state index in [1.807, 2.05) is 18.2 Å². The molecular weight excluding hydrogens is 372 g/mol. The summed E-state index contributed by atoms with van der Waals surface area (Å²) in [5.41, 5.74) is 1.09. The van der Waals surface area contributed by atoms with Crippen molar-refractivity contribution < 1.29 is 9.84 Å². The first kappa shape index (κ1) is 14.1. The van der Waals surface area contributed by atoms with Gasteiger partial charge in [0.15, 0.2) is 0 Å². The molecule has 2 nitrogen and oxygen atoms in total. The van der Waals surface area contributed by atoms with Crippen LogP contribution in [-0.4, -0.2) is 17.3 Å². The average Bonchev–Trinajstić information content (AvgIpc) is 2.39. The molecule has 0 aromatic heterocycles. The van der Waals surface area contributed by atoms with Crippen LogP contribution in [0.4, 0.5) is 0 Å². The largest absolute Gasteiger partial charge is 0.388 e. The number of rotatable bonds is 2. The van der Waals surface area contributed by atoms with Gasteiger partial charge in [0.25, 0.3) is 0 Å². The molecule has 1 heterocycles. The molecule has 1 aliphatic carbocycles. The second kappa shape index (κ2) is 5.47. The zero-order valence-corrected chi connectivity index (χ0v) is 13.9. The lowest BCUT2D eigenvalue weighted by Crippen LogP contribution is -2.46. The molecule has 19 heavy (non-hydrogen) atoms. The van der Waals surface area contributed by atoms with Gasteiger partial charge in [-0.3, -0.25) is 0 Å². The zero-order valence-electron chi connectivity index (χ0n) is 10.7. The molecule has 4 heteroatoms. The molecule has 2 aliphatic rings. The van der Waals surface area contributed by atoms with E-state index in [1.165, 1.54) is 19.3 Å². The quantitative estimate of drug-likeness (QED) is 0.801. The average molecular weight is 390 g/mol. The highest BCUT2D eigenvalue weighted by Gasteiger charge is 2.44. The fraction of sp³-hybridized carbons (Fsp3) is 0.600. The Bertz CT molecular complexity index is 471. The van der Waals surface area contributed by atoms with E-state index < -0.39 is 0 Å². The third-order valence-electron chi connectivity index (χ3n) is 4.53. The standard InChI is InChI=1S/C15H18Br2O2/c16-12-3-2-10(8-13(12)17)14(18)11-4-7-19-15(9-11)5-1-6-15/h2-3,8,11,14,18H,1,4-7,9H2. The summed E-state index contributed by atoms with van der Waals surface area (Å²) in [6.45, 7) is 0.791. The Morgan fingerprint density at radius 1 is 1.26 bits per heavy atom. The van der Waals surface area contributed by atoms with Gasteiger partial charge in [-0.2, -0.15) is 0 Å². The first-order valence-electron chi connectivity index (χ1n) is 6.87. The van der Waals surface area contributed by atoms with Gasteiger partial charge in [-0.25, -0.2) is 0 Å². The number of ether oxygens (including phenoxy) is 1. The topological polar surface area (TPSA) is 29.5 Å². The van der Waals surface area contributed by atoms with Crippen LogP contribution in [-0.2, 0) is 4.74 Å². The third kappa shape index (κ3) is 2.78. The van der Waals surface area contributed by atoms with Crippen molar-refractivity contribution in [3.05, 3.63) is 32.7 Å². The molecule has 104 valence electrons. The van der Waals surface area contributed by atoms with Gasteiger partial charge in [-0.1, -0.05) is 6.07 Å². The first-order chi connectivity index (χ1) is 9.10. The normalized spacial score (nSPS) is 27.0. The maximum absolute atomic E-state index is 10.6. The van der Waals surface area contributed by atoms with E-state index in [0.717, 1.165) is 34.0 Å². The summed E-state index contributed by atoms with van der Waals surface area (Å²) < 4.78 is 7.95. The van der Waals surface area contributed by atoms with Crippen LogP contribution in [0.15, 0.2) is 27.1 Å². The van der Waals surface area contributed by atoms with Crippen molar-refractivity contribution in [1.29, 1.82) is 0 Å². The van der Waals surface area contributed by atoms with Crippen LogP contribution < -0.4 is 0 Å². The van der Waals surface area contributed by atoms with Gasteiger partial charge in [-0.15, -0.1) is 0 Å². The van der Waals surface area contributed by atoms with Crippen molar-refractivity contribution in [1.82, 2.24) is 0 Å². The van der Waals surface area contributed by atoms with Gasteiger partial charge in [0, 0.05) is 15.6 Å². The number of hydrogen-bond acceptors (Lipinski definition) is 2. The lowest BCUT2D eigenvalue weighted by molar-refractivity contribution is -0.157. The van der Waals surface area contributed by atoms with Crippen LogP contribution in [0, 0.1) is 5.92 Å². The van der Waals surface area contributed by atoms with Crippen molar-refractivity contribution in [2.24, 2.45) is 5.92 Å². The van der Waals surface area contributed by atoms with Crippen LogP contribution in [0.3, 0.4) is 0 Å². The summed E-state index contributed by atoms with van der Waals surface area (Å²) in [7, 11) is 0. The number of benzene rings is 1. The third-order valence-corrected chi connectivity index (χ3v) is 6.41. The number of aliphatic hydroxyl groups excluding tert-OH is 1. The molecule has 1 aromatic rings. The molecule has 2 fully saturated rings. The Morgan fingerprint density at radius 3 is 2.68 bits per heavy atom. The van der Waals surface area contributed by atoms with Crippen LogP contribution in [0.25, 0.3) is 0 Å². The van der Waals surface area contributed by atoms with Crippen molar-refractivity contribution in [2.45, 2.75) is 43.8 Å². The fourth-order valence-electron chi connectivity index (χ4n) is 3.22. The lowest BCUT2D eigenvalue weighted by Gasteiger charge is -2.48. The highest BCUT2D eigenvalue weighted by Crippen LogP contribution is 2.47. The summed E-state index contributed by atoms with van der Waals surface area (Å²) in [4.78, 5) is 0. The van der Waals surface area contributed by atoms with Gasteiger partial charge < -0.3 is 9.84 Å². The Kier molecular flexibility index (Phi) is 4.05. The van der Waals surface area contributed by atoms with E-state index in [9.17, 15) is 5.11 Å². The van der Waals surface area contributed by atoms with E-state index in [1.54, 1.807) is 0 Å². The minimum absolute atomic E-state index is 0.0937. The van der Waals surface area contributed by atoms with E-state index >= 15 is 0 Å². The lowest BCUT2D eigenvalue weighted by atomic mass is 9.70. The van der Waals surface area contributed by atoms with Crippen LogP contribution >= 0.6 is 31.9 Å². The maximum Gasteiger partial charge on any atom is 0.0820 e. The first-order valence-corrected chi connectivity index (χ1v) is 8.45. The van der Waals surface area contributed by atoms with E-state index in [2.05, 4.69) is 31.9 Å². The molecule has 0 radical (unpaired) electrons. The Morgan fingerprint density at radius 2 is 2.05 bits per heavy atom. The SMILES string of the molecule is OC(c1ccc(Br)c(Br)c1)C1CCOC2(CCC2)C1. The number of aliphatic hydroxyl groups is 1. The number of hydrogen-bond donors (Lipinski definition) is 1. The second-order valence-electron chi connectivity index (χ2n) is 5.76. The summed E-state index contributed by atoms with van der Waals surface area (Å²) in [5, 5.41) is 10.6. The monoisotopic (exact) mass is 388 g/mol. The van der Waals surface area contributed by atoms with Gasteiger partial charge >= 0.3 is 0 Å².